The molecule has 2 aromatic carbocycles. The second kappa shape index (κ2) is 7.13. The summed E-state index contributed by atoms with van der Waals surface area (Å²) >= 11 is 0. The lowest BCUT2D eigenvalue weighted by Gasteiger charge is -2.08. The van der Waals surface area contributed by atoms with E-state index in [0.717, 1.165) is 10.9 Å². The third kappa shape index (κ3) is 3.69. The van der Waals surface area contributed by atoms with Gasteiger partial charge in [-0.3, -0.25) is 9.59 Å². The van der Waals surface area contributed by atoms with Crippen LogP contribution >= 0.6 is 0 Å². The van der Waals surface area contributed by atoms with E-state index in [2.05, 4.69) is 15.6 Å². The maximum Gasteiger partial charge on any atom is 0.291 e. The van der Waals surface area contributed by atoms with Gasteiger partial charge in [-0.2, -0.15) is 0 Å². The lowest BCUT2D eigenvalue weighted by molar-refractivity contribution is 0.0993. The lowest BCUT2D eigenvalue weighted by atomic mass is 10.2. The van der Waals surface area contributed by atoms with Crippen molar-refractivity contribution in [1.82, 2.24) is 4.98 Å². The van der Waals surface area contributed by atoms with E-state index >= 15 is 0 Å². The summed E-state index contributed by atoms with van der Waals surface area (Å²) in [5.41, 5.74) is 1.70. The summed E-state index contributed by atoms with van der Waals surface area (Å²) in [4.78, 5) is 29.0. The molecule has 2 N–H and O–H groups in total. The number of benzene rings is 2. The van der Waals surface area contributed by atoms with Gasteiger partial charge < -0.3 is 15.1 Å². The molecule has 132 valence electrons. The number of furan rings is 1. The van der Waals surface area contributed by atoms with E-state index in [-0.39, 0.29) is 17.6 Å². The van der Waals surface area contributed by atoms with Gasteiger partial charge in [-0.1, -0.05) is 24.3 Å². The van der Waals surface area contributed by atoms with Crippen LogP contribution in [-0.2, 0) is 0 Å². The first-order valence-electron chi connectivity index (χ1n) is 8.31. The molecule has 2 amide bonds. The van der Waals surface area contributed by atoms with Crippen molar-refractivity contribution in [1.29, 1.82) is 0 Å². The topological polar surface area (TPSA) is 84.2 Å². The van der Waals surface area contributed by atoms with Crippen LogP contribution in [0.3, 0.4) is 0 Å². The Labute approximate surface area is 154 Å². The van der Waals surface area contributed by atoms with Crippen molar-refractivity contribution >= 4 is 34.2 Å². The summed E-state index contributed by atoms with van der Waals surface area (Å²) in [6, 6.07) is 21.2. The van der Waals surface area contributed by atoms with Gasteiger partial charge in [-0.25, -0.2) is 4.98 Å². The molecular formula is C21H15N3O3. The second-order valence-electron chi connectivity index (χ2n) is 5.86. The van der Waals surface area contributed by atoms with Crippen molar-refractivity contribution in [3.05, 3.63) is 90.4 Å². The van der Waals surface area contributed by atoms with E-state index < -0.39 is 0 Å². The van der Waals surface area contributed by atoms with Crippen molar-refractivity contribution in [3.8, 4) is 0 Å². The first-order valence-corrected chi connectivity index (χ1v) is 8.31. The minimum Gasteiger partial charge on any atom is -0.459 e. The molecule has 6 nitrogen and oxygen atoms in total. The Morgan fingerprint density at radius 1 is 0.815 bits per heavy atom. The van der Waals surface area contributed by atoms with Crippen molar-refractivity contribution in [3.63, 3.8) is 0 Å². The van der Waals surface area contributed by atoms with Crippen molar-refractivity contribution in [2.75, 3.05) is 10.6 Å². The Morgan fingerprint density at radius 3 is 2.56 bits per heavy atom. The van der Waals surface area contributed by atoms with Gasteiger partial charge >= 0.3 is 0 Å². The van der Waals surface area contributed by atoms with Gasteiger partial charge in [0.2, 0.25) is 0 Å². The molecule has 6 heteroatoms. The first-order chi connectivity index (χ1) is 13.2. The van der Waals surface area contributed by atoms with Crippen molar-refractivity contribution in [2.24, 2.45) is 0 Å². The van der Waals surface area contributed by atoms with Crippen LogP contribution in [-0.4, -0.2) is 16.8 Å². The number of fused-ring (bicyclic) bond motifs is 1. The van der Waals surface area contributed by atoms with Crippen LogP contribution in [0.4, 0.5) is 11.5 Å². The molecule has 0 unspecified atom stereocenters. The number of hydrogen-bond donors (Lipinski definition) is 2. The number of para-hydroxylation sites is 1. The van der Waals surface area contributed by atoms with Crippen LogP contribution in [0.1, 0.15) is 20.9 Å². The number of hydrogen-bond acceptors (Lipinski definition) is 4. The van der Waals surface area contributed by atoms with Gasteiger partial charge in [-0.15, -0.1) is 0 Å². The van der Waals surface area contributed by atoms with Crippen LogP contribution in [0.25, 0.3) is 10.9 Å². The smallest absolute Gasteiger partial charge is 0.291 e. The number of rotatable bonds is 4. The molecule has 0 atom stereocenters. The molecule has 0 saturated heterocycles. The van der Waals surface area contributed by atoms with Crippen LogP contribution in [0.2, 0.25) is 0 Å². The molecule has 0 spiro atoms. The maximum atomic E-state index is 12.5. The maximum absolute atomic E-state index is 12.5. The van der Waals surface area contributed by atoms with Gasteiger partial charge in [0.25, 0.3) is 11.8 Å². The number of nitrogens with zero attached hydrogens (tertiary/aromatic N) is 1. The Hall–Kier alpha value is -3.93. The number of anilines is 2. The quantitative estimate of drug-likeness (QED) is 0.569. The van der Waals surface area contributed by atoms with Crippen LogP contribution < -0.4 is 10.6 Å². The fourth-order valence-corrected chi connectivity index (χ4v) is 2.66. The van der Waals surface area contributed by atoms with E-state index in [9.17, 15) is 9.59 Å². The number of carbonyl (C=O) groups is 2. The summed E-state index contributed by atoms with van der Waals surface area (Å²) < 4.78 is 5.06. The Bertz CT molecular complexity index is 1120. The molecule has 0 radical (unpaired) electrons. The Kier molecular flexibility index (Phi) is 4.37. The predicted octanol–water partition coefficient (Wildman–Crippen LogP) is 4.33. The fourth-order valence-electron chi connectivity index (χ4n) is 2.66. The molecule has 2 heterocycles. The standard InChI is InChI=1S/C21H15N3O3/c25-20(24-19-11-10-14-5-1-2-8-17(14)23-19)15-6-3-7-16(13-15)22-21(26)18-9-4-12-27-18/h1-13H,(H,22,26)(H,23,24,25). The van der Waals surface area contributed by atoms with E-state index in [1.165, 1.54) is 6.26 Å². The molecule has 0 aliphatic rings. The third-order valence-corrected chi connectivity index (χ3v) is 3.97. The molecule has 0 aliphatic carbocycles. The van der Waals surface area contributed by atoms with Crippen LogP contribution in [0, 0.1) is 0 Å². The van der Waals surface area contributed by atoms with E-state index in [0.29, 0.717) is 17.1 Å². The Morgan fingerprint density at radius 2 is 1.70 bits per heavy atom. The highest BCUT2D eigenvalue weighted by Gasteiger charge is 2.11. The lowest BCUT2D eigenvalue weighted by Crippen LogP contribution is -2.15. The minimum absolute atomic E-state index is 0.199. The largest absolute Gasteiger partial charge is 0.459 e. The zero-order chi connectivity index (χ0) is 18.6. The fraction of sp³-hybridized carbons (Fsp3) is 0. The summed E-state index contributed by atoms with van der Waals surface area (Å²) in [6.07, 6.45) is 1.43. The third-order valence-electron chi connectivity index (χ3n) is 3.97. The molecule has 4 rings (SSSR count). The number of carbonyl (C=O) groups excluding carboxylic acids is 2. The zero-order valence-electron chi connectivity index (χ0n) is 14.2. The zero-order valence-corrected chi connectivity index (χ0v) is 14.2. The number of aromatic nitrogens is 1. The summed E-state index contributed by atoms with van der Waals surface area (Å²) in [5, 5.41) is 6.47. The average molecular weight is 357 g/mol. The van der Waals surface area contributed by atoms with Gasteiger partial charge in [0.15, 0.2) is 5.76 Å². The van der Waals surface area contributed by atoms with Gasteiger partial charge in [-0.05, 0) is 48.5 Å². The molecule has 2 aromatic heterocycles. The van der Waals surface area contributed by atoms with Crippen molar-refractivity contribution in [2.45, 2.75) is 0 Å². The highest BCUT2D eigenvalue weighted by molar-refractivity contribution is 6.06. The molecule has 27 heavy (non-hydrogen) atoms. The highest BCUT2D eigenvalue weighted by Crippen LogP contribution is 2.17. The van der Waals surface area contributed by atoms with Gasteiger partial charge in [0.05, 0.1) is 11.8 Å². The van der Waals surface area contributed by atoms with Crippen LogP contribution in [0.5, 0.6) is 0 Å². The normalized spacial score (nSPS) is 10.5. The number of amides is 2. The van der Waals surface area contributed by atoms with Gasteiger partial charge in [0, 0.05) is 16.6 Å². The second-order valence-corrected chi connectivity index (χ2v) is 5.86. The van der Waals surface area contributed by atoms with E-state index in [1.807, 2.05) is 30.3 Å². The summed E-state index contributed by atoms with van der Waals surface area (Å²) in [7, 11) is 0. The van der Waals surface area contributed by atoms with Crippen molar-refractivity contribution < 1.29 is 14.0 Å². The monoisotopic (exact) mass is 357 g/mol. The SMILES string of the molecule is O=C(Nc1ccc2ccccc2n1)c1cccc(NC(=O)c2ccco2)c1. The van der Waals surface area contributed by atoms with E-state index in [1.54, 1.807) is 42.5 Å². The molecule has 0 fully saturated rings. The molecule has 0 aliphatic heterocycles. The molecular weight excluding hydrogens is 342 g/mol. The minimum atomic E-state index is -0.381. The summed E-state index contributed by atoms with van der Waals surface area (Å²) in [5.74, 6) is -0.0328. The number of nitrogens with one attached hydrogen (secondary N) is 2. The molecule has 0 saturated carbocycles. The summed E-state index contributed by atoms with van der Waals surface area (Å²) in [6.45, 7) is 0. The molecule has 4 aromatic rings. The Balaban J connectivity index is 1.50. The van der Waals surface area contributed by atoms with Gasteiger partial charge in [0.1, 0.15) is 5.82 Å². The predicted molar refractivity (Wildman–Crippen MR) is 103 cm³/mol. The molecule has 0 bridgehead atoms. The van der Waals surface area contributed by atoms with Crippen LogP contribution in [0.15, 0.2) is 83.5 Å². The number of pyridine rings is 1. The average Bonchev–Trinajstić information content (AvgIpc) is 3.23. The van der Waals surface area contributed by atoms with E-state index in [4.69, 9.17) is 4.42 Å². The first kappa shape index (κ1) is 16.5. The highest BCUT2D eigenvalue weighted by atomic mass is 16.3.